The van der Waals surface area contributed by atoms with Crippen molar-refractivity contribution in [1.29, 1.82) is 0 Å². The van der Waals surface area contributed by atoms with E-state index in [0.29, 0.717) is 11.1 Å². The largest absolute Gasteiger partial charge is 0.382 e. The molecule has 192 valence electrons. The lowest BCUT2D eigenvalue weighted by Gasteiger charge is -2.10. The van der Waals surface area contributed by atoms with Crippen LogP contribution in [0.5, 0.6) is 11.5 Å². The van der Waals surface area contributed by atoms with E-state index in [4.69, 9.17) is 8.37 Å². The lowest BCUT2D eigenvalue weighted by atomic mass is 10.2. The molecule has 0 N–H and O–H groups in total. The summed E-state index contributed by atoms with van der Waals surface area (Å²) in [6.07, 6.45) is 0. The van der Waals surface area contributed by atoms with Gasteiger partial charge in [-0.1, -0.05) is 60.7 Å². The average Bonchev–Trinajstić information content (AvgIpc) is 2.85. The third-order valence-electron chi connectivity index (χ3n) is 5.09. The minimum atomic E-state index is -3.97. The first-order chi connectivity index (χ1) is 17.5. The van der Waals surface area contributed by atoms with Gasteiger partial charge in [-0.2, -0.15) is 16.8 Å². The van der Waals surface area contributed by atoms with Crippen molar-refractivity contribution in [2.45, 2.75) is 21.3 Å². The number of rotatable bonds is 10. The van der Waals surface area contributed by atoms with Crippen molar-refractivity contribution in [3.8, 4) is 11.5 Å². The molecule has 4 aromatic carbocycles. The molecule has 0 radical (unpaired) electrons. The molecule has 37 heavy (non-hydrogen) atoms. The standard InChI is InChI=1S/C26H22O8S3/c27-35(28,19-21-7-3-1-4-8-21)33-23-11-15-25(16-12-23)37(31,32)26-17-13-24(14-18-26)34-36(29,30)20-22-9-5-2-6-10-22/h1-18H,19-20H2. The fraction of sp³-hybridized carbons (Fsp3) is 0.0769. The van der Waals surface area contributed by atoms with E-state index in [1.165, 1.54) is 48.5 Å². The van der Waals surface area contributed by atoms with Gasteiger partial charge in [-0.05, 0) is 59.7 Å². The second-order valence-electron chi connectivity index (χ2n) is 7.99. The molecular weight excluding hydrogens is 536 g/mol. The SMILES string of the molecule is O=S(=O)(Cc1ccccc1)Oc1ccc(S(=O)(=O)c2ccc(OS(=O)(=O)Cc3ccccc3)cc2)cc1. The Morgan fingerprint density at radius 1 is 0.432 bits per heavy atom. The second-order valence-corrected chi connectivity index (χ2v) is 13.1. The van der Waals surface area contributed by atoms with Gasteiger partial charge in [0.1, 0.15) is 23.0 Å². The molecule has 0 aromatic heterocycles. The molecule has 0 aliphatic rings. The summed E-state index contributed by atoms with van der Waals surface area (Å²) in [4.78, 5) is -0.184. The molecule has 0 fully saturated rings. The Balaban J connectivity index is 1.43. The van der Waals surface area contributed by atoms with Gasteiger partial charge in [0.05, 0.1) is 9.79 Å². The maximum absolute atomic E-state index is 13.0. The van der Waals surface area contributed by atoms with Crippen LogP contribution in [0.15, 0.2) is 119 Å². The zero-order chi connectivity index (χ0) is 26.5. The highest BCUT2D eigenvalue weighted by atomic mass is 32.2. The van der Waals surface area contributed by atoms with Crippen LogP contribution in [0.4, 0.5) is 0 Å². The number of hydrogen-bond acceptors (Lipinski definition) is 8. The summed E-state index contributed by atoms with van der Waals surface area (Å²) < 4.78 is 85.4. The van der Waals surface area contributed by atoms with Gasteiger partial charge < -0.3 is 8.37 Å². The van der Waals surface area contributed by atoms with Gasteiger partial charge in [0.25, 0.3) is 0 Å². The lowest BCUT2D eigenvalue weighted by Crippen LogP contribution is -2.12. The first-order valence-corrected chi connectivity index (χ1v) is 15.5. The van der Waals surface area contributed by atoms with Crippen LogP contribution in [0.25, 0.3) is 0 Å². The summed E-state index contributed by atoms with van der Waals surface area (Å²) in [7, 11) is -11.8. The molecule has 0 spiro atoms. The summed E-state index contributed by atoms with van der Waals surface area (Å²) in [5.74, 6) is -0.711. The Hall–Kier alpha value is -3.67. The predicted octanol–water partition coefficient (Wildman–Crippen LogP) is 4.34. The van der Waals surface area contributed by atoms with Crippen molar-refractivity contribution in [3.63, 3.8) is 0 Å². The van der Waals surface area contributed by atoms with Crippen molar-refractivity contribution in [1.82, 2.24) is 0 Å². The van der Waals surface area contributed by atoms with Crippen molar-refractivity contribution in [2.75, 3.05) is 0 Å². The van der Waals surface area contributed by atoms with E-state index >= 15 is 0 Å². The quantitative estimate of drug-likeness (QED) is 0.264. The van der Waals surface area contributed by atoms with Crippen molar-refractivity contribution >= 4 is 30.1 Å². The lowest BCUT2D eigenvalue weighted by molar-refractivity contribution is 0.483. The highest BCUT2D eigenvalue weighted by Crippen LogP contribution is 2.26. The van der Waals surface area contributed by atoms with E-state index in [1.54, 1.807) is 60.7 Å². The predicted molar refractivity (Wildman–Crippen MR) is 138 cm³/mol. The third kappa shape index (κ3) is 7.19. The van der Waals surface area contributed by atoms with E-state index in [9.17, 15) is 25.3 Å². The first kappa shape index (κ1) is 26.4. The molecule has 0 aliphatic heterocycles. The van der Waals surface area contributed by atoms with Crippen molar-refractivity contribution in [2.24, 2.45) is 0 Å². The van der Waals surface area contributed by atoms with Crippen LogP contribution in [0.3, 0.4) is 0 Å². The Morgan fingerprint density at radius 3 is 1.08 bits per heavy atom. The Labute approximate surface area is 216 Å². The van der Waals surface area contributed by atoms with E-state index in [1.807, 2.05) is 0 Å². The Morgan fingerprint density at radius 2 is 0.757 bits per heavy atom. The minimum absolute atomic E-state index is 0.0257. The second kappa shape index (κ2) is 10.8. The van der Waals surface area contributed by atoms with E-state index in [-0.39, 0.29) is 32.8 Å². The Kier molecular flexibility index (Phi) is 7.67. The monoisotopic (exact) mass is 558 g/mol. The summed E-state index contributed by atoms with van der Waals surface area (Å²) >= 11 is 0. The molecule has 4 rings (SSSR count). The number of hydrogen-bond donors (Lipinski definition) is 0. The third-order valence-corrected chi connectivity index (χ3v) is 9.14. The normalized spacial score (nSPS) is 12.1. The van der Waals surface area contributed by atoms with Gasteiger partial charge in [-0.25, -0.2) is 8.42 Å². The molecule has 4 aromatic rings. The molecule has 0 bridgehead atoms. The molecule has 0 unspecified atom stereocenters. The van der Waals surface area contributed by atoms with Gasteiger partial charge in [-0.3, -0.25) is 0 Å². The van der Waals surface area contributed by atoms with Gasteiger partial charge >= 0.3 is 20.2 Å². The van der Waals surface area contributed by atoms with Crippen LogP contribution in [-0.2, 0) is 41.6 Å². The molecule has 0 saturated carbocycles. The number of benzene rings is 4. The van der Waals surface area contributed by atoms with Gasteiger partial charge in [0.2, 0.25) is 9.84 Å². The maximum Gasteiger partial charge on any atom is 0.313 e. The van der Waals surface area contributed by atoms with Crippen LogP contribution < -0.4 is 8.37 Å². The van der Waals surface area contributed by atoms with E-state index in [0.717, 1.165) is 0 Å². The van der Waals surface area contributed by atoms with E-state index in [2.05, 4.69) is 0 Å². The topological polar surface area (TPSA) is 121 Å². The van der Waals surface area contributed by atoms with Crippen LogP contribution in [-0.4, -0.2) is 25.3 Å². The number of sulfone groups is 1. The van der Waals surface area contributed by atoms with Crippen LogP contribution >= 0.6 is 0 Å². The average molecular weight is 559 g/mol. The van der Waals surface area contributed by atoms with Crippen LogP contribution in [0, 0.1) is 0 Å². The summed E-state index contributed by atoms with van der Waals surface area (Å²) in [5, 5.41) is 0. The van der Waals surface area contributed by atoms with Crippen molar-refractivity contribution < 1.29 is 33.6 Å². The summed E-state index contributed by atoms with van der Waals surface area (Å²) in [6.45, 7) is 0. The smallest absolute Gasteiger partial charge is 0.313 e. The van der Waals surface area contributed by atoms with Crippen LogP contribution in [0.2, 0.25) is 0 Å². The molecule has 0 heterocycles. The zero-order valence-electron chi connectivity index (χ0n) is 19.3. The summed E-state index contributed by atoms with van der Waals surface area (Å²) in [5.41, 5.74) is 1.11. The molecule has 0 saturated heterocycles. The molecule has 0 amide bonds. The first-order valence-electron chi connectivity index (χ1n) is 10.9. The van der Waals surface area contributed by atoms with E-state index < -0.39 is 30.1 Å². The highest BCUT2D eigenvalue weighted by molar-refractivity contribution is 7.91. The van der Waals surface area contributed by atoms with Gasteiger partial charge in [-0.15, -0.1) is 0 Å². The summed E-state index contributed by atoms with van der Waals surface area (Å²) in [6, 6.07) is 27.0. The fourth-order valence-corrected chi connectivity index (χ4v) is 6.78. The maximum atomic E-state index is 13.0. The van der Waals surface area contributed by atoms with Crippen molar-refractivity contribution in [3.05, 3.63) is 120 Å². The van der Waals surface area contributed by atoms with Gasteiger partial charge in [0.15, 0.2) is 0 Å². The van der Waals surface area contributed by atoms with Crippen LogP contribution in [0.1, 0.15) is 11.1 Å². The molecule has 0 atom stereocenters. The molecule has 8 nitrogen and oxygen atoms in total. The molecular formula is C26H22O8S3. The zero-order valence-corrected chi connectivity index (χ0v) is 21.7. The van der Waals surface area contributed by atoms with Gasteiger partial charge in [0, 0.05) is 0 Å². The fourth-order valence-electron chi connectivity index (χ4n) is 3.39. The minimum Gasteiger partial charge on any atom is -0.382 e. The molecule has 0 aliphatic carbocycles. The molecule has 11 heteroatoms. The highest BCUT2D eigenvalue weighted by Gasteiger charge is 2.20. The Bertz CT molecular complexity index is 1540.